The van der Waals surface area contributed by atoms with Crippen LogP contribution in [0.5, 0.6) is 0 Å². The summed E-state index contributed by atoms with van der Waals surface area (Å²) >= 11 is 0. The number of nitrogens with one attached hydrogen (secondary N) is 2. The van der Waals surface area contributed by atoms with Crippen molar-refractivity contribution < 1.29 is 9.90 Å². The molecule has 3 N–H and O–H groups in total. The average Bonchev–Trinajstić information content (AvgIpc) is 2.53. The lowest BCUT2D eigenvalue weighted by Gasteiger charge is -2.26. The standard InChI is InChI=1S/C14H28N2O2/c1-14(2,3)12(17)10-15-13(18)16-11-8-6-4-5-7-9-11/h11-12,17H,4-10H2,1-3H3,(H2,15,16,18). The Hall–Kier alpha value is -0.770. The second-order valence-electron chi connectivity index (χ2n) is 6.42. The molecule has 0 radical (unpaired) electrons. The molecule has 0 spiro atoms. The predicted octanol–water partition coefficient (Wildman–Crippen LogP) is 2.42. The van der Waals surface area contributed by atoms with Crippen molar-refractivity contribution in [2.24, 2.45) is 5.41 Å². The maximum absolute atomic E-state index is 11.7. The highest BCUT2D eigenvalue weighted by Crippen LogP contribution is 2.18. The fourth-order valence-electron chi connectivity index (χ4n) is 2.16. The molecule has 1 unspecified atom stereocenters. The minimum absolute atomic E-state index is 0.148. The number of aliphatic hydroxyl groups excluding tert-OH is 1. The van der Waals surface area contributed by atoms with Gasteiger partial charge in [-0.15, -0.1) is 0 Å². The molecule has 0 aliphatic heterocycles. The molecule has 1 fully saturated rings. The lowest BCUT2D eigenvalue weighted by molar-refractivity contribution is 0.0648. The van der Waals surface area contributed by atoms with Crippen LogP contribution >= 0.6 is 0 Å². The molecule has 1 aliphatic carbocycles. The van der Waals surface area contributed by atoms with Gasteiger partial charge in [0, 0.05) is 12.6 Å². The first kappa shape index (κ1) is 15.3. The van der Waals surface area contributed by atoms with E-state index in [2.05, 4.69) is 10.6 Å². The van der Waals surface area contributed by atoms with Crippen molar-refractivity contribution in [1.82, 2.24) is 10.6 Å². The minimum atomic E-state index is -0.516. The van der Waals surface area contributed by atoms with Crippen LogP contribution in [0.3, 0.4) is 0 Å². The van der Waals surface area contributed by atoms with Gasteiger partial charge in [-0.1, -0.05) is 46.5 Å². The third-order valence-corrected chi connectivity index (χ3v) is 3.65. The van der Waals surface area contributed by atoms with Crippen molar-refractivity contribution in [3.8, 4) is 0 Å². The number of amides is 2. The number of hydrogen-bond donors (Lipinski definition) is 3. The lowest BCUT2D eigenvalue weighted by atomic mass is 9.89. The number of carbonyl (C=O) groups excluding carboxylic acids is 1. The zero-order valence-corrected chi connectivity index (χ0v) is 12.0. The number of rotatable bonds is 3. The number of urea groups is 1. The molecule has 0 heterocycles. The Kier molecular flexibility index (Phi) is 5.93. The molecule has 1 rings (SSSR count). The van der Waals surface area contributed by atoms with Gasteiger partial charge in [-0.25, -0.2) is 4.79 Å². The first-order chi connectivity index (χ1) is 8.39. The summed E-state index contributed by atoms with van der Waals surface area (Å²) in [5.74, 6) is 0. The molecule has 1 aliphatic rings. The number of aliphatic hydroxyl groups is 1. The molecule has 0 saturated heterocycles. The summed E-state index contributed by atoms with van der Waals surface area (Å²) in [4.78, 5) is 11.7. The van der Waals surface area contributed by atoms with Crippen LogP contribution < -0.4 is 10.6 Å². The largest absolute Gasteiger partial charge is 0.391 e. The molecule has 106 valence electrons. The molecule has 4 nitrogen and oxygen atoms in total. The summed E-state index contributed by atoms with van der Waals surface area (Å²) in [5.41, 5.74) is -0.199. The zero-order chi connectivity index (χ0) is 13.6. The van der Waals surface area contributed by atoms with Crippen LogP contribution in [-0.2, 0) is 0 Å². The van der Waals surface area contributed by atoms with Crippen LogP contribution in [0.15, 0.2) is 0 Å². The number of carbonyl (C=O) groups is 1. The van der Waals surface area contributed by atoms with Crippen LogP contribution in [0.4, 0.5) is 4.79 Å². The Morgan fingerprint density at radius 2 is 1.78 bits per heavy atom. The molecule has 4 heteroatoms. The molecule has 0 bridgehead atoms. The van der Waals surface area contributed by atoms with Crippen LogP contribution in [-0.4, -0.2) is 29.8 Å². The molecule has 1 saturated carbocycles. The maximum Gasteiger partial charge on any atom is 0.315 e. The smallest absolute Gasteiger partial charge is 0.315 e. The van der Waals surface area contributed by atoms with Crippen molar-refractivity contribution >= 4 is 6.03 Å². The van der Waals surface area contributed by atoms with E-state index in [1.807, 2.05) is 20.8 Å². The molecular formula is C14H28N2O2. The Balaban J connectivity index is 2.24. The highest BCUT2D eigenvalue weighted by molar-refractivity contribution is 5.74. The summed E-state index contributed by atoms with van der Waals surface area (Å²) in [6.45, 7) is 6.19. The van der Waals surface area contributed by atoms with Gasteiger partial charge >= 0.3 is 6.03 Å². The van der Waals surface area contributed by atoms with E-state index < -0.39 is 6.10 Å². The van der Waals surface area contributed by atoms with Crippen LogP contribution in [0.25, 0.3) is 0 Å². The molecule has 2 amide bonds. The SMILES string of the molecule is CC(C)(C)C(O)CNC(=O)NC1CCCCCC1. The highest BCUT2D eigenvalue weighted by atomic mass is 16.3. The van der Waals surface area contributed by atoms with Crippen molar-refractivity contribution in [3.05, 3.63) is 0 Å². The predicted molar refractivity (Wildman–Crippen MR) is 73.5 cm³/mol. The fourth-order valence-corrected chi connectivity index (χ4v) is 2.16. The normalized spacial score (nSPS) is 20.0. The third kappa shape index (κ3) is 5.71. The molecular weight excluding hydrogens is 228 g/mol. The van der Waals surface area contributed by atoms with Gasteiger partial charge in [0.15, 0.2) is 0 Å². The maximum atomic E-state index is 11.7. The number of hydrogen-bond acceptors (Lipinski definition) is 2. The van der Waals surface area contributed by atoms with E-state index in [0.717, 1.165) is 12.8 Å². The van der Waals surface area contributed by atoms with E-state index in [0.29, 0.717) is 12.6 Å². The molecule has 18 heavy (non-hydrogen) atoms. The van der Waals surface area contributed by atoms with Gasteiger partial charge in [0.25, 0.3) is 0 Å². The van der Waals surface area contributed by atoms with Crippen molar-refractivity contribution in [2.45, 2.75) is 71.4 Å². The van der Waals surface area contributed by atoms with Gasteiger partial charge < -0.3 is 15.7 Å². The summed E-state index contributed by atoms with van der Waals surface area (Å²) in [5, 5.41) is 15.6. The third-order valence-electron chi connectivity index (χ3n) is 3.65. The summed E-state index contributed by atoms with van der Waals surface area (Å²) < 4.78 is 0. The van der Waals surface area contributed by atoms with Crippen LogP contribution in [0.1, 0.15) is 59.3 Å². The van der Waals surface area contributed by atoms with E-state index in [9.17, 15) is 9.90 Å². The van der Waals surface area contributed by atoms with Crippen molar-refractivity contribution in [2.75, 3.05) is 6.54 Å². The Morgan fingerprint density at radius 1 is 1.22 bits per heavy atom. The summed E-state index contributed by atoms with van der Waals surface area (Å²) in [7, 11) is 0. The Morgan fingerprint density at radius 3 is 2.28 bits per heavy atom. The van der Waals surface area contributed by atoms with Gasteiger partial charge in [0.1, 0.15) is 0 Å². The second-order valence-corrected chi connectivity index (χ2v) is 6.42. The molecule has 1 atom stereocenters. The second kappa shape index (κ2) is 6.98. The van der Waals surface area contributed by atoms with Gasteiger partial charge in [0.2, 0.25) is 0 Å². The van der Waals surface area contributed by atoms with Crippen molar-refractivity contribution in [3.63, 3.8) is 0 Å². The lowest BCUT2D eigenvalue weighted by Crippen LogP contribution is -2.46. The summed E-state index contributed by atoms with van der Waals surface area (Å²) in [6, 6.07) is 0.157. The quantitative estimate of drug-likeness (QED) is 0.679. The first-order valence-electron chi connectivity index (χ1n) is 7.12. The first-order valence-corrected chi connectivity index (χ1v) is 7.12. The highest BCUT2D eigenvalue weighted by Gasteiger charge is 2.22. The van der Waals surface area contributed by atoms with Crippen LogP contribution in [0.2, 0.25) is 0 Å². The van der Waals surface area contributed by atoms with Gasteiger partial charge in [-0.3, -0.25) is 0 Å². The summed E-state index contributed by atoms with van der Waals surface area (Å²) in [6.07, 6.45) is 6.61. The topological polar surface area (TPSA) is 61.4 Å². The van der Waals surface area contributed by atoms with E-state index in [4.69, 9.17) is 0 Å². The molecule has 0 aromatic heterocycles. The van der Waals surface area contributed by atoms with Gasteiger partial charge in [-0.05, 0) is 18.3 Å². The van der Waals surface area contributed by atoms with E-state index in [-0.39, 0.29) is 11.4 Å². The van der Waals surface area contributed by atoms with E-state index >= 15 is 0 Å². The van der Waals surface area contributed by atoms with E-state index in [1.54, 1.807) is 0 Å². The average molecular weight is 256 g/mol. The van der Waals surface area contributed by atoms with Gasteiger partial charge in [-0.2, -0.15) is 0 Å². The Bertz CT molecular complexity index is 253. The minimum Gasteiger partial charge on any atom is -0.391 e. The van der Waals surface area contributed by atoms with Crippen molar-refractivity contribution in [1.29, 1.82) is 0 Å². The molecule has 0 aromatic rings. The van der Waals surface area contributed by atoms with E-state index in [1.165, 1.54) is 25.7 Å². The fraction of sp³-hybridized carbons (Fsp3) is 0.929. The van der Waals surface area contributed by atoms with Gasteiger partial charge in [0.05, 0.1) is 6.10 Å². The van der Waals surface area contributed by atoms with Crippen LogP contribution in [0, 0.1) is 5.41 Å². The Labute approximate surface area is 111 Å². The molecule has 0 aromatic carbocycles. The monoisotopic (exact) mass is 256 g/mol. The zero-order valence-electron chi connectivity index (χ0n) is 12.0.